The van der Waals surface area contributed by atoms with Gasteiger partial charge in [-0.25, -0.2) is 0 Å². The predicted octanol–water partition coefficient (Wildman–Crippen LogP) is 4.71. The molecule has 0 amide bonds. The molecule has 1 saturated heterocycles. The van der Waals surface area contributed by atoms with E-state index < -0.39 is 0 Å². The molecule has 4 heteroatoms. The van der Waals surface area contributed by atoms with Crippen LogP contribution in [0.5, 0.6) is 0 Å². The lowest BCUT2D eigenvalue weighted by Gasteiger charge is -2.45. The van der Waals surface area contributed by atoms with E-state index in [1.54, 1.807) is 5.57 Å². The van der Waals surface area contributed by atoms with Crippen LogP contribution in [0.1, 0.15) is 78.6 Å². The van der Waals surface area contributed by atoms with Crippen LogP contribution in [0.3, 0.4) is 0 Å². The maximum Gasteiger partial charge on any atom is 0.0619 e. The SMILES string of the molecule is CC(CCN1CCOC[C@H]1C)[C@H]1CC[C@H]2/C(=C/C=C3C[C@@H](O)C[C@H](O)C3)CCC[C@]12C. The van der Waals surface area contributed by atoms with Crippen molar-refractivity contribution < 1.29 is 14.9 Å². The Morgan fingerprint density at radius 2 is 1.97 bits per heavy atom. The van der Waals surface area contributed by atoms with E-state index in [9.17, 15) is 10.2 Å². The second kappa shape index (κ2) is 10.1. The van der Waals surface area contributed by atoms with Gasteiger partial charge in [-0.05, 0) is 94.4 Å². The van der Waals surface area contributed by atoms with Gasteiger partial charge in [0.2, 0.25) is 0 Å². The van der Waals surface area contributed by atoms with Crippen LogP contribution in [-0.4, -0.2) is 59.7 Å². The Labute approximate surface area is 189 Å². The lowest BCUT2D eigenvalue weighted by atomic mass is 9.61. The maximum absolute atomic E-state index is 10.0. The van der Waals surface area contributed by atoms with Crippen molar-refractivity contribution in [1.29, 1.82) is 0 Å². The molecule has 4 fully saturated rings. The quantitative estimate of drug-likeness (QED) is 0.662. The Hall–Kier alpha value is -0.680. The highest BCUT2D eigenvalue weighted by molar-refractivity contribution is 5.26. The molecule has 0 aromatic carbocycles. The summed E-state index contributed by atoms with van der Waals surface area (Å²) >= 11 is 0. The molecule has 2 N–H and O–H groups in total. The molecule has 1 heterocycles. The van der Waals surface area contributed by atoms with Gasteiger partial charge in [0, 0.05) is 12.6 Å². The number of aliphatic hydroxyl groups is 2. The van der Waals surface area contributed by atoms with E-state index in [1.807, 2.05) is 0 Å². The number of rotatable bonds is 5. The highest BCUT2D eigenvalue weighted by atomic mass is 16.5. The molecule has 4 nitrogen and oxygen atoms in total. The fourth-order valence-electron chi connectivity index (χ4n) is 7.41. The van der Waals surface area contributed by atoms with Gasteiger partial charge in [-0.1, -0.05) is 37.1 Å². The van der Waals surface area contributed by atoms with Crippen LogP contribution < -0.4 is 0 Å². The molecule has 3 aliphatic carbocycles. The second-order valence-electron chi connectivity index (χ2n) is 11.3. The Kier molecular flexibility index (Phi) is 7.63. The molecule has 0 bridgehead atoms. The first-order valence-corrected chi connectivity index (χ1v) is 12.9. The van der Waals surface area contributed by atoms with Gasteiger partial charge in [-0.15, -0.1) is 0 Å². The van der Waals surface area contributed by atoms with Crippen LogP contribution in [-0.2, 0) is 4.74 Å². The van der Waals surface area contributed by atoms with Crippen molar-refractivity contribution in [1.82, 2.24) is 4.90 Å². The van der Waals surface area contributed by atoms with Crippen molar-refractivity contribution in [2.75, 3.05) is 26.3 Å². The lowest BCUT2D eigenvalue weighted by molar-refractivity contribution is -0.00570. The fourth-order valence-corrected chi connectivity index (χ4v) is 7.41. The van der Waals surface area contributed by atoms with Crippen LogP contribution >= 0.6 is 0 Å². The van der Waals surface area contributed by atoms with E-state index in [4.69, 9.17) is 4.74 Å². The van der Waals surface area contributed by atoms with E-state index in [2.05, 4.69) is 37.8 Å². The number of hydrogen-bond donors (Lipinski definition) is 2. The van der Waals surface area contributed by atoms with Gasteiger partial charge in [0.15, 0.2) is 0 Å². The molecule has 7 atom stereocenters. The van der Waals surface area contributed by atoms with Crippen LogP contribution in [0.25, 0.3) is 0 Å². The minimum atomic E-state index is -0.379. The standard InChI is InChI=1S/C27H45NO3/c1-19(10-12-28-13-14-31-18-20(28)2)25-8-9-26-22(5-4-11-27(25,26)3)7-6-21-15-23(29)17-24(30)16-21/h6-7,19-20,23-26,29-30H,4-5,8-18H2,1-3H3/b22-7+/t19?,20-,23-,24-,25-,26+,27-/m1/s1. The van der Waals surface area contributed by atoms with Gasteiger partial charge in [-0.2, -0.15) is 0 Å². The third kappa shape index (κ3) is 5.29. The molecule has 176 valence electrons. The average Bonchev–Trinajstić information content (AvgIpc) is 3.08. The van der Waals surface area contributed by atoms with E-state index in [0.29, 0.717) is 23.8 Å². The molecule has 0 aromatic rings. The molecule has 0 aromatic heterocycles. The fraction of sp³-hybridized carbons (Fsp3) is 0.852. The van der Waals surface area contributed by atoms with Gasteiger partial charge in [-0.3, -0.25) is 4.90 Å². The first-order valence-electron chi connectivity index (χ1n) is 12.9. The second-order valence-corrected chi connectivity index (χ2v) is 11.3. The Balaban J connectivity index is 1.40. The van der Waals surface area contributed by atoms with Gasteiger partial charge in [0.05, 0.1) is 25.4 Å². The van der Waals surface area contributed by atoms with Crippen molar-refractivity contribution in [3.63, 3.8) is 0 Å². The molecule has 31 heavy (non-hydrogen) atoms. The van der Waals surface area contributed by atoms with Crippen LogP contribution in [0.4, 0.5) is 0 Å². The predicted molar refractivity (Wildman–Crippen MR) is 126 cm³/mol. The number of nitrogens with zero attached hydrogens (tertiary/aromatic N) is 1. The monoisotopic (exact) mass is 431 g/mol. The zero-order chi connectivity index (χ0) is 22.0. The molecule has 1 unspecified atom stereocenters. The average molecular weight is 432 g/mol. The summed E-state index contributed by atoms with van der Waals surface area (Å²) in [5.74, 6) is 2.31. The van der Waals surface area contributed by atoms with E-state index in [1.165, 1.54) is 50.6 Å². The number of fused-ring (bicyclic) bond motifs is 1. The van der Waals surface area contributed by atoms with Gasteiger partial charge < -0.3 is 14.9 Å². The topological polar surface area (TPSA) is 52.9 Å². The van der Waals surface area contributed by atoms with Gasteiger partial charge in [0.25, 0.3) is 0 Å². The Bertz CT molecular complexity index is 661. The van der Waals surface area contributed by atoms with Crippen LogP contribution in [0.15, 0.2) is 23.3 Å². The first-order chi connectivity index (χ1) is 14.9. The van der Waals surface area contributed by atoms with Crippen molar-refractivity contribution >= 4 is 0 Å². The molecular formula is C27H45NO3. The third-order valence-corrected chi connectivity index (χ3v) is 9.17. The summed E-state index contributed by atoms with van der Waals surface area (Å²) in [6, 6.07) is 0.557. The van der Waals surface area contributed by atoms with E-state index >= 15 is 0 Å². The summed E-state index contributed by atoms with van der Waals surface area (Å²) < 4.78 is 5.62. The highest BCUT2D eigenvalue weighted by Gasteiger charge is 2.50. The van der Waals surface area contributed by atoms with Crippen molar-refractivity contribution in [2.45, 2.75) is 96.8 Å². The first kappa shape index (κ1) is 23.5. The summed E-state index contributed by atoms with van der Waals surface area (Å²) in [4.78, 5) is 2.63. The normalized spacial score (nSPS) is 41.9. The molecular weight excluding hydrogens is 386 g/mol. The molecule has 1 aliphatic heterocycles. The third-order valence-electron chi connectivity index (χ3n) is 9.17. The van der Waals surface area contributed by atoms with Gasteiger partial charge in [0.1, 0.15) is 0 Å². The van der Waals surface area contributed by atoms with Crippen LogP contribution in [0.2, 0.25) is 0 Å². The largest absolute Gasteiger partial charge is 0.393 e. The van der Waals surface area contributed by atoms with Crippen molar-refractivity contribution in [3.05, 3.63) is 23.3 Å². The van der Waals surface area contributed by atoms with E-state index in [-0.39, 0.29) is 12.2 Å². The highest BCUT2D eigenvalue weighted by Crippen LogP contribution is 2.59. The molecule has 0 spiro atoms. The smallest absolute Gasteiger partial charge is 0.0619 e. The number of allylic oxidation sites excluding steroid dienone is 3. The maximum atomic E-state index is 10.0. The minimum Gasteiger partial charge on any atom is -0.393 e. The lowest BCUT2D eigenvalue weighted by Crippen LogP contribution is -2.45. The van der Waals surface area contributed by atoms with E-state index in [0.717, 1.165) is 44.4 Å². The minimum absolute atomic E-state index is 0.379. The zero-order valence-electron chi connectivity index (χ0n) is 20.1. The molecule has 4 rings (SSSR count). The Morgan fingerprint density at radius 3 is 2.71 bits per heavy atom. The number of aliphatic hydroxyl groups excluding tert-OH is 2. The summed E-state index contributed by atoms with van der Waals surface area (Å²) in [5, 5.41) is 20.0. The van der Waals surface area contributed by atoms with Crippen molar-refractivity contribution in [2.24, 2.45) is 23.2 Å². The molecule has 4 aliphatic rings. The molecule has 3 saturated carbocycles. The summed E-state index contributed by atoms with van der Waals surface area (Å²) in [6.07, 6.45) is 13.7. The number of hydrogen-bond acceptors (Lipinski definition) is 4. The van der Waals surface area contributed by atoms with Crippen LogP contribution in [0, 0.1) is 23.2 Å². The summed E-state index contributed by atoms with van der Waals surface area (Å²) in [7, 11) is 0. The summed E-state index contributed by atoms with van der Waals surface area (Å²) in [6.45, 7) is 11.5. The zero-order valence-corrected chi connectivity index (χ0v) is 20.1. The molecule has 0 radical (unpaired) electrons. The van der Waals surface area contributed by atoms with Gasteiger partial charge >= 0.3 is 0 Å². The van der Waals surface area contributed by atoms with Crippen molar-refractivity contribution in [3.8, 4) is 0 Å². The Morgan fingerprint density at radius 1 is 1.19 bits per heavy atom. The number of morpholine rings is 1. The summed E-state index contributed by atoms with van der Waals surface area (Å²) in [5.41, 5.74) is 3.28. The number of ether oxygens (including phenoxy) is 1.